The molecule has 1 heterocycles. The van der Waals surface area contributed by atoms with E-state index in [1.54, 1.807) is 0 Å². The monoisotopic (exact) mass is 316 g/mol. The van der Waals surface area contributed by atoms with E-state index in [1.807, 2.05) is 0 Å². The van der Waals surface area contributed by atoms with Crippen LogP contribution in [-0.4, -0.2) is 5.97 Å². The lowest BCUT2D eigenvalue weighted by Gasteiger charge is -2.09. The fourth-order valence-corrected chi connectivity index (χ4v) is 1.79. The number of carbonyl (C=O) groups excluding carboxylic acids is 1. The van der Waals surface area contributed by atoms with Crippen LogP contribution < -0.4 is 4.74 Å². The van der Waals surface area contributed by atoms with Gasteiger partial charge in [-0.15, -0.1) is 0 Å². The molecule has 2 rings (SSSR count). The molecule has 0 bridgehead atoms. The van der Waals surface area contributed by atoms with Gasteiger partial charge in [0, 0.05) is 17.7 Å². The lowest BCUT2D eigenvalue weighted by molar-refractivity contribution is -0.137. The molecule has 0 amide bonds. The zero-order valence-electron chi connectivity index (χ0n) is 10.4. The summed E-state index contributed by atoms with van der Waals surface area (Å²) in [4.78, 5) is 11.0. The largest absolute Gasteiger partial charge is 0.425 e. The molecule has 2 aromatic rings. The Balaban J connectivity index is 2.35. The Morgan fingerprint density at radius 3 is 2.62 bits per heavy atom. The second-order valence-corrected chi connectivity index (χ2v) is 4.34. The second-order valence-electron chi connectivity index (χ2n) is 3.94. The van der Waals surface area contributed by atoms with Gasteiger partial charge < -0.3 is 9.15 Å². The molecule has 110 valence electrons. The molecule has 0 spiro atoms. The van der Waals surface area contributed by atoms with Crippen molar-refractivity contribution in [1.82, 2.24) is 0 Å². The van der Waals surface area contributed by atoms with E-state index in [9.17, 15) is 18.0 Å². The van der Waals surface area contributed by atoms with E-state index in [4.69, 9.17) is 20.8 Å². The van der Waals surface area contributed by atoms with E-state index in [2.05, 4.69) is 6.58 Å². The third kappa shape index (κ3) is 3.46. The maximum atomic E-state index is 12.8. The maximum Gasteiger partial charge on any atom is 0.417 e. The molecule has 21 heavy (non-hydrogen) atoms. The normalized spacial score (nSPS) is 11.2. The lowest BCUT2D eigenvalue weighted by atomic mass is 10.1. The van der Waals surface area contributed by atoms with Gasteiger partial charge in [-0.2, -0.15) is 13.2 Å². The summed E-state index contributed by atoms with van der Waals surface area (Å²) in [5.41, 5.74) is -0.810. The van der Waals surface area contributed by atoms with E-state index in [0.29, 0.717) is 0 Å². The molecule has 0 saturated heterocycles. The fourth-order valence-electron chi connectivity index (χ4n) is 1.57. The highest BCUT2D eigenvalue weighted by Gasteiger charge is 2.33. The van der Waals surface area contributed by atoms with Gasteiger partial charge in [-0.3, -0.25) is 0 Å². The quantitative estimate of drug-likeness (QED) is 0.608. The molecule has 0 radical (unpaired) electrons. The van der Waals surface area contributed by atoms with Crippen molar-refractivity contribution in [3.05, 3.63) is 53.6 Å². The molecule has 1 aromatic heterocycles. The van der Waals surface area contributed by atoms with Gasteiger partial charge in [-0.25, -0.2) is 4.79 Å². The van der Waals surface area contributed by atoms with E-state index in [0.717, 1.165) is 18.2 Å². The third-order valence-corrected chi connectivity index (χ3v) is 2.84. The van der Waals surface area contributed by atoms with Crippen LogP contribution in [0.2, 0.25) is 5.02 Å². The topological polar surface area (TPSA) is 39.4 Å². The van der Waals surface area contributed by atoms with E-state index in [1.165, 1.54) is 18.2 Å². The van der Waals surface area contributed by atoms with Crippen LogP contribution in [0.25, 0.3) is 11.3 Å². The number of furan rings is 1. The zero-order chi connectivity index (χ0) is 15.6. The van der Waals surface area contributed by atoms with Crippen molar-refractivity contribution in [2.75, 3.05) is 0 Å². The van der Waals surface area contributed by atoms with Gasteiger partial charge in [-0.1, -0.05) is 18.2 Å². The van der Waals surface area contributed by atoms with Crippen molar-refractivity contribution >= 4 is 17.6 Å². The van der Waals surface area contributed by atoms with Gasteiger partial charge >= 0.3 is 12.1 Å². The molecule has 0 atom stereocenters. The van der Waals surface area contributed by atoms with Crippen LogP contribution in [0.1, 0.15) is 5.56 Å². The molecule has 0 fully saturated rings. The smallest absolute Gasteiger partial charge is 0.417 e. The van der Waals surface area contributed by atoms with E-state index < -0.39 is 22.7 Å². The van der Waals surface area contributed by atoms with Gasteiger partial charge in [-0.05, 0) is 24.3 Å². The van der Waals surface area contributed by atoms with Crippen LogP contribution in [0.3, 0.4) is 0 Å². The number of hydrogen-bond acceptors (Lipinski definition) is 3. The first-order valence-electron chi connectivity index (χ1n) is 5.62. The molecule has 0 aliphatic carbocycles. The number of halogens is 4. The molecule has 0 saturated carbocycles. The molecule has 3 nitrogen and oxygen atoms in total. The number of alkyl halides is 3. The first-order chi connectivity index (χ1) is 9.81. The standard InChI is InChI=1S/C14H8ClF3O3/c1-2-12(19)21-13-6-5-11(20-13)8-3-4-10(15)9(7-8)14(16,17)18/h2-7H,1H2. The molecule has 7 heteroatoms. The zero-order valence-corrected chi connectivity index (χ0v) is 11.2. The van der Waals surface area contributed by atoms with Gasteiger partial charge in [0.25, 0.3) is 5.95 Å². The molecule has 0 aliphatic heterocycles. The van der Waals surface area contributed by atoms with Gasteiger partial charge in [0.1, 0.15) is 5.76 Å². The average Bonchev–Trinajstić information content (AvgIpc) is 2.86. The number of carbonyl (C=O) groups is 1. The number of rotatable bonds is 3. The van der Waals surface area contributed by atoms with Crippen LogP contribution in [0.4, 0.5) is 13.2 Å². The van der Waals surface area contributed by atoms with Crippen LogP contribution in [0.15, 0.2) is 47.4 Å². The molecule has 1 aromatic carbocycles. The second kappa shape index (κ2) is 5.65. The Morgan fingerprint density at radius 2 is 2.00 bits per heavy atom. The summed E-state index contributed by atoms with van der Waals surface area (Å²) in [5, 5.41) is -0.406. The highest BCUT2D eigenvalue weighted by Crippen LogP contribution is 2.38. The average molecular weight is 317 g/mol. The Kier molecular flexibility index (Phi) is 4.09. The van der Waals surface area contributed by atoms with Gasteiger partial charge in [0.05, 0.1) is 10.6 Å². The summed E-state index contributed by atoms with van der Waals surface area (Å²) >= 11 is 5.53. The molecule has 0 unspecified atom stereocenters. The molecular weight excluding hydrogens is 309 g/mol. The third-order valence-electron chi connectivity index (χ3n) is 2.51. The van der Waals surface area contributed by atoms with E-state index in [-0.39, 0.29) is 17.3 Å². The highest BCUT2D eigenvalue weighted by molar-refractivity contribution is 6.31. The Hall–Kier alpha value is -2.21. The molecule has 0 N–H and O–H groups in total. The van der Waals surface area contributed by atoms with Gasteiger partial charge in [0.15, 0.2) is 0 Å². The lowest BCUT2D eigenvalue weighted by Crippen LogP contribution is -2.05. The minimum Gasteiger partial charge on any atom is -0.425 e. The minimum atomic E-state index is -4.57. The Labute approximate surface area is 122 Å². The first kappa shape index (κ1) is 15.2. The van der Waals surface area contributed by atoms with Crippen molar-refractivity contribution in [3.63, 3.8) is 0 Å². The van der Waals surface area contributed by atoms with Crippen molar-refractivity contribution in [2.24, 2.45) is 0 Å². The van der Waals surface area contributed by atoms with Crippen molar-refractivity contribution in [3.8, 4) is 17.3 Å². The summed E-state index contributed by atoms with van der Waals surface area (Å²) in [7, 11) is 0. The maximum absolute atomic E-state index is 12.8. The Bertz CT molecular complexity index is 689. The predicted octanol–water partition coefficient (Wildman–Crippen LogP) is 4.71. The number of ether oxygens (including phenoxy) is 1. The summed E-state index contributed by atoms with van der Waals surface area (Å²) in [6.07, 6.45) is -3.63. The SMILES string of the molecule is C=CC(=O)Oc1ccc(-c2ccc(Cl)c(C(F)(F)F)c2)o1. The fraction of sp³-hybridized carbons (Fsp3) is 0.0714. The molecule has 0 aliphatic rings. The summed E-state index contributed by atoms with van der Waals surface area (Å²) in [6.45, 7) is 3.21. The van der Waals surface area contributed by atoms with Crippen LogP contribution in [0, 0.1) is 0 Å². The van der Waals surface area contributed by atoms with Crippen molar-refractivity contribution in [2.45, 2.75) is 6.18 Å². The van der Waals surface area contributed by atoms with Crippen molar-refractivity contribution in [1.29, 1.82) is 0 Å². The van der Waals surface area contributed by atoms with Crippen LogP contribution in [0.5, 0.6) is 5.95 Å². The first-order valence-corrected chi connectivity index (χ1v) is 6.00. The van der Waals surface area contributed by atoms with Gasteiger partial charge in [0.2, 0.25) is 0 Å². The van der Waals surface area contributed by atoms with Crippen molar-refractivity contribution < 1.29 is 27.1 Å². The summed E-state index contributed by atoms with van der Waals surface area (Å²) in [5.74, 6) is -0.759. The minimum absolute atomic E-state index is 0.115. The summed E-state index contributed by atoms with van der Waals surface area (Å²) < 4.78 is 48.2. The van der Waals surface area contributed by atoms with Crippen LogP contribution in [-0.2, 0) is 11.0 Å². The number of esters is 1. The van der Waals surface area contributed by atoms with Crippen LogP contribution >= 0.6 is 11.6 Å². The molecular formula is C14H8ClF3O3. The number of hydrogen-bond donors (Lipinski definition) is 0. The van der Waals surface area contributed by atoms with E-state index >= 15 is 0 Å². The summed E-state index contributed by atoms with van der Waals surface area (Å²) in [6, 6.07) is 6.06. The number of benzene rings is 1. The highest BCUT2D eigenvalue weighted by atomic mass is 35.5. The Morgan fingerprint density at radius 1 is 1.29 bits per heavy atom. The predicted molar refractivity (Wildman–Crippen MR) is 70.0 cm³/mol.